The van der Waals surface area contributed by atoms with E-state index in [1.807, 2.05) is 0 Å². The van der Waals surface area contributed by atoms with E-state index in [2.05, 4.69) is 15.3 Å². The zero-order valence-electron chi connectivity index (χ0n) is 12.7. The summed E-state index contributed by atoms with van der Waals surface area (Å²) in [7, 11) is 1.67. The molecule has 2 heterocycles. The van der Waals surface area contributed by atoms with Crippen molar-refractivity contribution in [3.05, 3.63) is 52.3 Å². The van der Waals surface area contributed by atoms with Gasteiger partial charge in [0, 0.05) is 25.9 Å². The van der Waals surface area contributed by atoms with Crippen molar-refractivity contribution in [1.82, 2.24) is 14.9 Å². The number of benzene rings is 1. The van der Waals surface area contributed by atoms with Gasteiger partial charge in [0.25, 0.3) is 0 Å². The molecule has 0 aliphatic carbocycles. The summed E-state index contributed by atoms with van der Waals surface area (Å²) in [6.07, 6.45) is 3.18. The van der Waals surface area contributed by atoms with E-state index in [4.69, 9.17) is 23.2 Å². The van der Waals surface area contributed by atoms with Crippen LogP contribution in [0.5, 0.6) is 0 Å². The molecule has 6 nitrogen and oxygen atoms in total. The van der Waals surface area contributed by atoms with E-state index in [0.29, 0.717) is 10.0 Å². The maximum absolute atomic E-state index is 12.6. The molecule has 8 heteroatoms. The van der Waals surface area contributed by atoms with Crippen LogP contribution in [0, 0.1) is 5.92 Å². The Morgan fingerprint density at radius 2 is 1.96 bits per heavy atom. The first-order chi connectivity index (χ1) is 11.5. The Bertz CT molecular complexity index is 785. The summed E-state index contributed by atoms with van der Waals surface area (Å²) in [6, 6.07) is 6.35. The summed E-state index contributed by atoms with van der Waals surface area (Å²) in [6.45, 7) is 0. The number of rotatable bonds is 3. The number of nitrogens with one attached hydrogen (secondary N) is 1. The Hall–Kier alpha value is -2.18. The molecule has 0 spiro atoms. The molecule has 2 atom stereocenters. The number of halogens is 2. The number of aromatic nitrogens is 2. The summed E-state index contributed by atoms with van der Waals surface area (Å²) in [5.74, 6) is -0.781. The fraction of sp³-hybridized carbons (Fsp3) is 0.250. The molecule has 1 aromatic heterocycles. The third kappa shape index (κ3) is 3.20. The monoisotopic (exact) mass is 364 g/mol. The molecule has 1 N–H and O–H groups in total. The topological polar surface area (TPSA) is 75.2 Å². The number of anilines is 1. The highest BCUT2D eigenvalue weighted by atomic mass is 35.5. The molecule has 2 aromatic rings. The van der Waals surface area contributed by atoms with E-state index in [9.17, 15) is 9.59 Å². The summed E-state index contributed by atoms with van der Waals surface area (Å²) < 4.78 is 0. The van der Waals surface area contributed by atoms with Crippen molar-refractivity contribution < 1.29 is 9.59 Å². The number of hydrogen-bond donors (Lipinski definition) is 1. The Labute approximate surface area is 148 Å². The highest BCUT2D eigenvalue weighted by molar-refractivity contribution is 6.42. The summed E-state index contributed by atoms with van der Waals surface area (Å²) in [5.41, 5.74) is 0.756. The Morgan fingerprint density at radius 1 is 1.25 bits per heavy atom. The van der Waals surface area contributed by atoms with Crippen molar-refractivity contribution in [2.75, 3.05) is 12.4 Å². The van der Waals surface area contributed by atoms with Gasteiger partial charge in [-0.05, 0) is 23.8 Å². The normalized spacial score (nSPS) is 20.3. The van der Waals surface area contributed by atoms with Crippen LogP contribution in [0.15, 0.2) is 36.7 Å². The fourth-order valence-electron chi connectivity index (χ4n) is 2.82. The van der Waals surface area contributed by atoms with Gasteiger partial charge in [-0.15, -0.1) is 0 Å². The van der Waals surface area contributed by atoms with E-state index in [-0.39, 0.29) is 24.2 Å². The van der Waals surface area contributed by atoms with Gasteiger partial charge in [-0.2, -0.15) is 0 Å². The second-order valence-corrected chi connectivity index (χ2v) is 6.31. The van der Waals surface area contributed by atoms with Crippen LogP contribution in [-0.2, 0) is 9.59 Å². The summed E-state index contributed by atoms with van der Waals surface area (Å²) in [4.78, 5) is 34.2. The van der Waals surface area contributed by atoms with Gasteiger partial charge in [0.15, 0.2) is 0 Å². The van der Waals surface area contributed by atoms with Crippen molar-refractivity contribution in [3.8, 4) is 0 Å². The molecule has 0 saturated carbocycles. The second-order valence-electron chi connectivity index (χ2n) is 5.50. The minimum absolute atomic E-state index is 0.111. The van der Waals surface area contributed by atoms with Gasteiger partial charge in [-0.25, -0.2) is 9.97 Å². The third-order valence-electron chi connectivity index (χ3n) is 4.01. The van der Waals surface area contributed by atoms with Crippen LogP contribution in [0.4, 0.5) is 5.95 Å². The molecule has 0 radical (unpaired) electrons. The molecule has 1 saturated heterocycles. The molecule has 2 amide bonds. The average molecular weight is 365 g/mol. The van der Waals surface area contributed by atoms with Crippen LogP contribution in [0.1, 0.15) is 18.0 Å². The minimum atomic E-state index is -0.566. The van der Waals surface area contributed by atoms with Crippen LogP contribution in [-0.4, -0.2) is 33.7 Å². The molecule has 1 aliphatic heterocycles. The highest BCUT2D eigenvalue weighted by Gasteiger charge is 2.43. The SMILES string of the molecule is CN1C(=O)CC(C(=O)Nc2ncccn2)C1c1ccc(Cl)c(Cl)c1. The average Bonchev–Trinajstić information content (AvgIpc) is 2.87. The molecule has 1 fully saturated rings. The lowest BCUT2D eigenvalue weighted by molar-refractivity contribution is -0.128. The van der Waals surface area contributed by atoms with Gasteiger partial charge in [0.05, 0.1) is 22.0 Å². The second kappa shape index (κ2) is 6.75. The number of hydrogen-bond acceptors (Lipinski definition) is 4. The predicted molar refractivity (Wildman–Crippen MR) is 90.7 cm³/mol. The number of likely N-dealkylation sites (tertiary alicyclic amines) is 1. The Kier molecular flexibility index (Phi) is 4.69. The van der Waals surface area contributed by atoms with Gasteiger partial charge >= 0.3 is 0 Å². The smallest absolute Gasteiger partial charge is 0.232 e. The molecule has 24 heavy (non-hydrogen) atoms. The van der Waals surface area contributed by atoms with E-state index in [1.54, 1.807) is 36.2 Å². The first kappa shape index (κ1) is 16.7. The first-order valence-electron chi connectivity index (χ1n) is 7.26. The number of amides is 2. The van der Waals surface area contributed by atoms with Gasteiger partial charge in [-0.3, -0.25) is 14.9 Å². The van der Waals surface area contributed by atoms with Crippen molar-refractivity contribution >= 4 is 41.0 Å². The number of nitrogens with zero attached hydrogens (tertiary/aromatic N) is 3. The van der Waals surface area contributed by atoms with Crippen LogP contribution >= 0.6 is 23.2 Å². The van der Waals surface area contributed by atoms with E-state index >= 15 is 0 Å². The molecule has 1 aliphatic rings. The highest BCUT2D eigenvalue weighted by Crippen LogP contribution is 2.39. The molecule has 3 rings (SSSR count). The lowest BCUT2D eigenvalue weighted by Gasteiger charge is -2.25. The quantitative estimate of drug-likeness (QED) is 0.908. The zero-order valence-corrected chi connectivity index (χ0v) is 14.3. The third-order valence-corrected chi connectivity index (χ3v) is 4.75. The Morgan fingerprint density at radius 3 is 2.62 bits per heavy atom. The van der Waals surface area contributed by atoms with Gasteiger partial charge in [-0.1, -0.05) is 29.3 Å². The summed E-state index contributed by atoms with van der Waals surface area (Å²) in [5, 5.41) is 3.46. The zero-order chi connectivity index (χ0) is 17.3. The largest absolute Gasteiger partial charge is 0.338 e. The number of carbonyl (C=O) groups excluding carboxylic acids is 2. The van der Waals surface area contributed by atoms with Gasteiger partial charge < -0.3 is 4.90 Å². The lowest BCUT2D eigenvalue weighted by Crippen LogP contribution is -2.30. The minimum Gasteiger partial charge on any atom is -0.338 e. The van der Waals surface area contributed by atoms with Crippen LogP contribution < -0.4 is 5.32 Å². The van der Waals surface area contributed by atoms with Crippen LogP contribution in [0.3, 0.4) is 0 Å². The summed E-state index contributed by atoms with van der Waals surface area (Å²) >= 11 is 12.0. The first-order valence-corrected chi connectivity index (χ1v) is 8.01. The van der Waals surface area contributed by atoms with Crippen LogP contribution in [0.2, 0.25) is 10.0 Å². The number of carbonyl (C=O) groups is 2. The van der Waals surface area contributed by atoms with Crippen molar-refractivity contribution in [3.63, 3.8) is 0 Å². The van der Waals surface area contributed by atoms with Gasteiger partial charge in [0.1, 0.15) is 0 Å². The standard InChI is InChI=1S/C16H14Cl2N4O2/c1-22-13(23)8-10(15(24)21-16-19-5-2-6-20-16)14(22)9-3-4-11(17)12(18)7-9/h2-7,10,14H,8H2,1H3,(H,19,20,21,24). The van der Waals surface area contributed by atoms with E-state index < -0.39 is 12.0 Å². The van der Waals surface area contributed by atoms with Crippen molar-refractivity contribution in [1.29, 1.82) is 0 Å². The maximum Gasteiger partial charge on any atom is 0.232 e. The molecule has 124 valence electrons. The molecule has 1 aromatic carbocycles. The Balaban J connectivity index is 1.88. The van der Waals surface area contributed by atoms with Gasteiger partial charge in [0.2, 0.25) is 17.8 Å². The van der Waals surface area contributed by atoms with E-state index in [1.165, 1.54) is 12.4 Å². The van der Waals surface area contributed by atoms with Crippen LogP contribution in [0.25, 0.3) is 0 Å². The lowest BCUT2D eigenvalue weighted by atomic mass is 9.93. The van der Waals surface area contributed by atoms with E-state index in [0.717, 1.165) is 5.56 Å². The van der Waals surface area contributed by atoms with Crippen molar-refractivity contribution in [2.24, 2.45) is 5.92 Å². The molecular weight excluding hydrogens is 351 g/mol. The molecular formula is C16H14Cl2N4O2. The van der Waals surface area contributed by atoms with Crippen molar-refractivity contribution in [2.45, 2.75) is 12.5 Å². The fourth-order valence-corrected chi connectivity index (χ4v) is 3.13. The molecule has 2 unspecified atom stereocenters. The molecule has 0 bridgehead atoms. The predicted octanol–water partition coefficient (Wildman–Crippen LogP) is 2.94. The maximum atomic E-state index is 12.6.